The highest BCUT2D eigenvalue weighted by Crippen LogP contribution is 2.48. The zero-order chi connectivity index (χ0) is 41.6. The maximum atomic E-state index is 14.4. The molecule has 0 spiro atoms. The van der Waals surface area contributed by atoms with E-state index < -0.39 is 92.3 Å². The molecule has 1 aromatic heterocycles. The van der Waals surface area contributed by atoms with Gasteiger partial charge in [0.05, 0.1) is 13.7 Å². The number of fused-ring (bicyclic) bond motifs is 1. The lowest BCUT2D eigenvalue weighted by molar-refractivity contribution is -0.151. The predicted molar refractivity (Wildman–Crippen MR) is 199 cm³/mol. The van der Waals surface area contributed by atoms with Gasteiger partial charge in [-0.1, -0.05) is 26.0 Å². The van der Waals surface area contributed by atoms with Gasteiger partial charge in [0.2, 0.25) is 27.7 Å². The second-order valence-corrected chi connectivity index (χ2v) is 17.9. The highest BCUT2D eigenvalue weighted by atomic mass is 32.2. The van der Waals surface area contributed by atoms with Gasteiger partial charge >= 0.3 is 6.09 Å². The smallest absolute Gasteiger partial charge is 0.408 e. The first kappa shape index (κ1) is 42.5. The first-order valence-electron chi connectivity index (χ1n) is 18.4. The maximum absolute atomic E-state index is 14.4. The number of aromatic nitrogens is 1. The number of sulfonamides is 1. The quantitative estimate of drug-likeness (QED) is 0.217. The van der Waals surface area contributed by atoms with Crippen LogP contribution in [0.2, 0.25) is 0 Å². The van der Waals surface area contributed by atoms with E-state index in [-0.39, 0.29) is 38.1 Å². The van der Waals surface area contributed by atoms with Gasteiger partial charge in [-0.05, 0) is 82.0 Å². The van der Waals surface area contributed by atoms with Crippen LogP contribution in [-0.2, 0) is 29.1 Å². The number of benzene rings is 1. The van der Waals surface area contributed by atoms with E-state index in [1.165, 1.54) is 12.0 Å². The SMILES string of the molecule is C/C=C\[C@@H]1C[C@]1(NC(=O)[C@@H]1C[C@@H](Oc2ncc(C)c3cc(OC)ccc23)CN1C(=O)C(NC(=O)OC(C)(C)C(C)(F)F)C(C)C)C(=O)NS(=O)(=O)C1(CF)CC1. The lowest BCUT2D eigenvalue weighted by Crippen LogP contribution is -2.59. The van der Waals surface area contributed by atoms with Crippen molar-refractivity contribution in [3.63, 3.8) is 0 Å². The van der Waals surface area contributed by atoms with Crippen LogP contribution in [0.25, 0.3) is 10.8 Å². The van der Waals surface area contributed by atoms with Crippen LogP contribution < -0.4 is 24.8 Å². The number of hydrogen-bond donors (Lipinski definition) is 3. The van der Waals surface area contributed by atoms with E-state index in [0.717, 1.165) is 24.8 Å². The number of aryl methyl sites for hydroxylation is 1. The Morgan fingerprint density at radius 1 is 1.12 bits per heavy atom. The van der Waals surface area contributed by atoms with Crippen molar-refractivity contribution in [3.05, 3.63) is 42.1 Å². The fourth-order valence-corrected chi connectivity index (χ4v) is 8.13. The molecule has 18 heteroatoms. The molecule has 5 atom stereocenters. The van der Waals surface area contributed by atoms with Crippen LogP contribution in [0.5, 0.6) is 11.6 Å². The number of nitrogens with zero attached hydrogens (tertiary/aromatic N) is 2. The lowest BCUT2D eigenvalue weighted by Gasteiger charge is -2.34. The highest BCUT2D eigenvalue weighted by Gasteiger charge is 2.64. The van der Waals surface area contributed by atoms with Gasteiger partial charge in [0.1, 0.15) is 40.9 Å². The van der Waals surface area contributed by atoms with Gasteiger partial charge in [-0.15, -0.1) is 0 Å². The summed E-state index contributed by atoms with van der Waals surface area (Å²) in [5.74, 6) is -6.50. The first-order valence-corrected chi connectivity index (χ1v) is 19.9. The van der Waals surface area contributed by atoms with Crippen LogP contribution >= 0.6 is 0 Å². The fraction of sp³-hybridized carbons (Fsp3) is 0.605. The van der Waals surface area contributed by atoms with Crippen molar-refractivity contribution >= 4 is 44.6 Å². The Bertz CT molecular complexity index is 2020. The Morgan fingerprint density at radius 2 is 1.80 bits per heavy atom. The van der Waals surface area contributed by atoms with Crippen LogP contribution in [0.1, 0.15) is 72.8 Å². The number of nitrogens with one attached hydrogen (secondary N) is 3. The molecule has 56 heavy (non-hydrogen) atoms. The second kappa shape index (κ2) is 15.4. The molecule has 2 heterocycles. The van der Waals surface area contributed by atoms with Gasteiger partial charge in [-0.3, -0.25) is 19.1 Å². The lowest BCUT2D eigenvalue weighted by atomic mass is 10.0. The van der Waals surface area contributed by atoms with Gasteiger partial charge in [0, 0.05) is 30.8 Å². The number of pyridine rings is 1. The van der Waals surface area contributed by atoms with E-state index in [0.29, 0.717) is 18.1 Å². The number of amides is 4. The molecular formula is C38H50F3N5O9S. The number of likely N-dealkylation sites (tertiary alicyclic amines) is 1. The minimum absolute atomic E-state index is 0.0241. The molecular weight excluding hydrogens is 760 g/mol. The molecule has 3 fully saturated rings. The number of ether oxygens (including phenoxy) is 3. The third-order valence-corrected chi connectivity index (χ3v) is 13.1. The Kier molecular flexibility index (Phi) is 11.7. The van der Waals surface area contributed by atoms with Crippen molar-refractivity contribution in [1.29, 1.82) is 0 Å². The van der Waals surface area contributed by atoms with Crippen molar-refractivity contribution in [3.8, 4) is 11.6 Å². The van der Waals surface area contributed by atoms with E-state index in [4.69, 9.17) is 14.2 Å². The summed E-state index contributed by atoms with van der Waals surface area (Å²) in [4.78, 5) is 61.0. The number of alkyl halides is 3. The average molecular weight is 810 g/mol. The van der Waals surface area contributed by atoms with Gasteiger partial charge in [0.15, 0.2) is 5.60 Å². The Labute approximate surface area is 324 Å². The molecule has 2 aromatic rings. The molecule has 3 N–H and O–H groups in total. The Balaban J connectivity index is 1.46. The molecule has 2 aliphatic carbocycles. The monoisotopic (exact) mass is 809 g/mol. The van der Waals surface area contributed by atoms with Gasteiger partial charge in [-0.25, -0.2) is 31.4 Å². The van der Waals surface area contributed by atoms with Crippen LogP contribution in [0, 0.1) is 18.8 Å². The molecule has 5 rings (SSSR count). The molecule has 308 valence electrons. The normalized spacial score (nSPS) is 23.8. The van der Waals surface area contributed by atoms with Crippen molar-refractivity contribution in [2.75, 3.05) is 20.3 Å². The summed E-state index contributed by atoms with van der Waals surface area (Å²) in [7, 11) is -2.90. The summed E-state index contributed by atoms with van der Waals surface area (Å²) in [5, 5.41) is 6.49. The van der Waals surface area contributed by atoms with Crippen molar-refractivity contribution in [2.45, 2.75) is 114 Å². The number of carbonyl (C=O) groups excluding carboxylic acids is 4. The van der Waals surface area contributed by atoms with Gasteiger partial charge in [-0.2, -0.15) is 0 Å². The molecule has 3 aliphatic rings. The van der Waals surface area contributed by atoms with Crippen LogP contribution in [0.3, 0.4) is 0 Å². The summed E-state index contributed by atoms with van der Waals surface area (Å²) in [6.45, 7) is 8.03. The van der Waals surface area contributed by atoms with E-state index in [9.17, 15) is 40.8 Å². The van der Waals surface area contributed by atoms with Crippen molar-refractivity contribution in [1.82, 2.24) is 25.2 Å². The van der Waals surface area contributed by atoms with E-state index in [1.54, 1.807) is 51.3 Å². The van der Waals surface area contributed by atoms with E-state index in [2.05, 4.69) is 15.6 Å². The molecule has 14 nitrogen and oxygen atoms in total. The number of methoxy groups -OCH3 is 1. The fourth-order valence-electron chi connectivity index (χ4n) is 6.71. The first-order chi connectivity index (χ1) is 26.0. The number of halogens is 3. The number of hydrogen-bond acceptors (Lipinski definition) is 10. The molecule has 0 radical (unpaired) electrons. The summed E-state index contributed by atoms with van der Waals surface area (Å²) in [6.07, 6.45) is 2.72. The summed E-state index contributed by atoms with van der Waals surface area (Å²) < 4.78 is 85.3. The minimum atomic E-state index is -4.43. The molecule has 1 aliphatic heterocycles. The van der Waals surface area contributed by atoms with Gasteiger partial charge in [0.25, 0.3) is 11.8 Å². The second-order valence-electron chi connectivity index (χ2n) is 15.8. The average Bonchev–Trinajstić information content (AvgIpc) is 4.02. The summed E-state index contributed by atoms with van der Waals surface area (Å²) in [5.41, 5.74) is -3.14. The predicted octanol–water partition coefficient (Wildman–Crippen LogP) is 4.48. The Hall–Kier alpha value is -4.61. The van der Waals surface area contributed by atoms with Crippen LogP contribution in [0.4, 0.5) is 18.0 Å². The van der Waals surface area contributed by atoms with Crippen molar-refractivity contribution in [2.24, 2.45) is 11.8 Å². The summed E-state index contributed by atoms with van der Waals surface area (Å²) in [6, 6.07) is 2.61. The van der Waals surface area contributed by atoms with E-state index in [1.807, 2.05) is 17.7 Å². The highest BCUT2D eigenvalue weighted by molar-refractivity contribution is 7.91. The van der Waals surface area contributed by atoms with Gasteiger partial charge < -0.3 is 29.7 Å². The minimum Gasteiger partial charge on any atom is -0.497 e. The Morgan fingerprint density at radius 3 is 2.38 bits per heavy atom. The topological polar surface area (TPSA) is 182 Å². The third kappa shape index (κ3) is 8.25. The summed E-state index contributed by atoms with van der Waals surface area (Å²) >= 11 is 0. The van der Waals surface area contributed by atoms with Crippen molar-refractivity contribution < 1.29 is 55.0 Å². The molecule has 2 saturated carbocycles. The zero-order valence-corrected chi connectivity index (χ0v) is 33.5. The third-order valence-electron chi connectivity index (χ3n) is 11.0. The standard InChI is InChI=1S/C38H50F3N5O9S/c1-9-10-23-17-38(23,33(49)45-56(51,52)37(20-39)13-14-37)44-30(47)28-16-25(54-31-26-12-11-24(53-8)15-27(26)22(4)18-42-31)19-46(28)32(48)29(21(2)3)43-34(50)55-35(5,6)36(7,40)41/h9-12,15,18,21,23,25,28-29H,13-14,16-17,19-20H2,1-8H3,(H,43,50)(H,44,47)(H,45,49)/b10-9-/t23-,25-,28+,29?,38-/m1/s1. The molecule has 0 bridgehead atoms. The molecule has 1 unspecified atom stereocenters. The van der Waals surface area contributed by atoms with Crippen LogP contribution in [-0.4, -0.2) is 102 Å². The maximum Gasteiger partial charge on any atom is 0.408 e. The molecule has 4 amide bonds. The molecule has 1 saturated heterocycles. The number of carbonyl (C=O) groups is 4. The largest absolute Gasteiger partial charge is 0.497 e. The van der Waals surface area contributed by atoms with Crippen LogP contribution in [0.15, 0.2) is 36.5 Å². The number of alkyl carbamates (subject to hydrolysis) is 1. The number of rotatable bonds is 15. The van der Waals surface area contributed by atoms with E-state index >= 15 is 0 Å². The molecule has 1 aromatic carbocycles. The zero-order valence-electron chi connectivity index (χ0n) is 32.7. The number of allylic oxidation sites excluding steroid dienone is 1.